The van der Waals surface area contributed by atoms with Crippen LogP contribution in [0.15, 0.2) is 18.3 Å². The van der Waals surface area contributed by atoms with E-state index in [-0.39, 0.29) is 5.91 Å². The molecule has 1 atom stereocenters. The van der Waals surface area contributed by atoms with Crippen LogP contribution in [0.1, 0.15) is 30.3 Å². The molecule has 18 heavy (non-hydrogen) atoms. The van der Waals surface area contributed by atoms with E-state index in [0.717, 1.165) is 25.1 Å². The Balaban J connectivity index is 2.10. The van der Waals surface area contributed by atoms with Crippen molar-refractivity contribution in [1.29, 1.82) is 0 Å². The molecule has 1 aromatic rings. The first kappa shape index (κ1) is 12.8. The van der Waals surface area contributed by atoms with Crippen LogP contribution in [0, 0.1) is 0 Å². The number of nitrogens with one attached hydrogen (secondary N) is 1. The van der Waals surface area contributed by atoms with Gasteiger partial charge in [0.05, 0.1) is 6.10 Å². The Morgan fingerprint density at radius 1 is 1.67 bits per heavy atom. The lowest BCUT2D eigenvalue weighted by Gasteiger charge is -2.29. The summed E-state index contributed by atoms with van der Waals surface area (Å²) in [4.78, 5) is 18.0. The summed E-state index contributed by atoms with van der Waals surface area (Å²) in [5.74, 6) is -0.103. The van der Waals surface area contributed by atoms with Crippen molar-refractivity contribution < 1.29 is 9.90 Å². The van der Waals surface area contributed by atoms with Crippen molar-refractivity contribution >= 4 is 11.6 Å². The molecule has 1 aliphatic heterocycles. The first-order chi connectivity index (χ1) is 8.70. The quantitative estimate of drug-likeness (QED) is 0.842. The molecule has 2 rings (SSSR count). The van der Waals surface area contributed by atoms with Crippen molar-refractivity contribution in [3.8, 4) is 0 Å². The molecule has 1 aliphatic rings. The van der Waals surface area contributed by atoms with E-state index >= 15 is 0 Å². The van der Waals surface area contributed by atoms with Crippen molar-refractivity contribution in [3.63, 3.8) is 0 Å². The zero-order valence-electron chi connectivity index (χ0n) is 10.6. The Hall–Kier alpha value is -1.62. The third kappa shape index (κ3) is 2.98. The largest absolute Gasteiger partial charge is 0.391 e. The molecule has 5 heteroatoms. The van der Waals surface area contributed by atoms with Crippen LogP contribution in [0.2, 0.25) is 0 Å². The monoisotopic (exact) mass is 249 g/mol. The van der Waals surface area contributed by atoms with E-state index in [4.69, 9.17) is 0 Å². The first-order valence-electron chi connectivity index (χ1n) is 6.38. The summed E-state index contributed by atoms with van der Waals surface area (Å²) in [5.41, 5.74) is 1.33. The van der Waals surface area contributed by atoms with Crippen molar-refractivity contribution in [1.82, 2.24) is 9.88 Å². The molecule has 0 aliphatic carbocycles. The van der Waals surface area contributed by atoms with Gasteiger partial charge in [0, 0.05) is 31.5 Å². The molecule has 2 heterocycles. The number of amides is 1. The minimum atomic E-state index is -0.403. The third-order valence-corrected chi connectivity index (χ3v) is 3.04. The number of aromatic nitrogens is 1. The predicted octanol–water partition coefficient (Wildman–Crippen LogP) is 1.11. The number of aliphatic hydroxyl groups excluding tert-OH is 1. The summed E-state index contributed by atoms with van der Waals surface area (Å²) >= 11 is 0. The molecule has 5 nitrogen and oxygen atoms in total. The van der Waals surface area contributed by atoms with E-state index in [1.54, 1.807) is 17.2 Å². The number of anilines is 1. The zero-order chi connectivity index (χ0) is 13.0. The van der Waals surface area contributed by atoms with Crippen LogP contribution in [0.4, 0.5) is 5.69 Å². The van der Waals surface area contributed by atoms with Crippen LogP contribution < -0.4 is 5.32 Å². The van der Waals surface area contributed by atoms with Gasteiger partial charge in [0.1, 0.15) is 5.69 Å². The smallest absolute Gasteiger partial charge is 0.272 e. The minimum Gasteiger partial charge on any atom is -0.391 e. The number of carbonyl (C=O) groups excluding carboxylic acids is 1. The van der Waals surface area contributed by atoms with Gasteiger partial charge in [0.25, 0.3) is 5.91 Å². The van der Waals surface area contributed by atoms with Gasteiger partial charge in [0.15, 0.2) is 0 Å². The molecule has 0 radical (unpaired) electrons. The van der Waals surface area contributed by atoms with Gasteiger partial charge in [0.2, 0.25) is 0 Å². The molecular formula is C13H19N3O2. The third-order valence-electron chi connectivity index (χ3n) is 3.04. The number of aliphatic hydroxyl groups is 1. The lowest BCUT2D eigenvalue weighted by molar-refractivity contribution is 0.0469. The minimum absolute atomic E-state index is 0.103. The maximum atomic E-state index is 12.2. The van der Waals surface area contributed by atoms with E-state index in [2.05, 4.69) is 10.3 Å². The standard InChI is InChI=1S/C13H19N3O2/c1-2-14-10-5-6-15-12(8-10)13(18)16-7-3-4-11(17)9-16/h5-6,8,11,17H,2-4,7,9H2,1H3,(H,14,15). The molecule has 1 aromatic heterocycles. The van der Waals surface area contributed by atoms with Crippen molar-refractivity contribution in [2.75, 3.05) is 25.0 Å². The average molecular weight is 249 g/mol. The van der Waals surface area contributed by atoms with Gasteiger partial charge in [-0.25, -0.2) is 0 Å². The van der Waals surface area contributed by atoms with E-state index in [9.17, 15) is 9.90 Å². The molecule has 1 amide bonds. The summed E-state index contributed by atoms with van der Waals surface area (Å²) in [7, 11) is 0. The molecule has 2 N–H and O–H groups in total. The van der Waals surface area contributed by atoms with Crippen molar-refractivity contribution in [2.24, 2.45) is 0 Å². The van der Waals surface area contributed by atoms with E-state index in [1.165, 1.54) is 0 Å². The highest BCUT2D eigenvalue weighted by molar-refractivity contribution is 5.93. The van der Waals surface area contributed by atoms with Crippen LogP contribution in [0.25, 0.3) is 0 Å². The average Bonchev–Trinajstić information content (AvgIpc) is 2.39. The molecule has 0 saturated carbocycles. The summed E-state index contributed by atoms with van der Waals surface area (Å²) in [6.07, 6.45) is 2.85. The molecular weight excluding hydrogens is 230 g/mol. The Kier molecular flexibility index (Phi) is 4.15. The molecule has 1 fully saturated rings. The Bertz CT molecular complexity index is 422. The van der Waals surface area contributed by atoms with Gasteiger partial charge in [-0.1, -0.05) is 0 Å². The normalized spacial score (nSPS) is 19.7. The number of pyridine rings is 1. The summed E-state index contributed by atoms with van der Waals surface area (Å²) in [5, 5.41) is 12.7. The van der Waals surface area contributed by atoms with Crippen LogP contribution in [-0.4, -0.2) is 46.6 Å². The second-order valence-electron chi connectivity index (χ2n) is 4.51. The molecule has 0 bridgehead atoms. The van der Waals surface area contributed by atoms with Gasteiger partial charge < -0.3 is 15.3 Å². The number of carbonyl (C=O) groups is 1. The predicted molar refractivity (Wildman–Crippen MR) is 69.5 cm³/mol. The number of nitrogens with zero attached hydrogens (tertiary/aromatic N) is 2. The van der Waals surface area contributed by atoms with Gasteiger partial charge in [-0.15, -0.1) is 0 Å². The number of hydrogen-bond acceptors (Lipinski definition) is 4. The SMILES string of the molecule is CCNc1ccnc(C(=O)N2CCCC(O)C2)c1. The molecule has 0 spiro atoms. The fourth-order valence-corrected chi connectivity index (χ4v) is 2.16. The second-order valence-corrected chi connectivity index (χ2v) is 4.51. The van der Waals surface area contributed by atoms with Gasteiger partial charge in [-0.2, -0.15) is 0 Å². The molecule has 1 saturated heterocycles. The van der Waals surface area contributed by atoms with Gasteiger partial charge >= 0.3 is 0 Å². The molecule has 98 valence electrons. The van der Waals surface area contributed by atoms with Crippen LogP contribution in [0.5, 0.6) is 0 Å². The summed E-state index contributed by atoms with van der Waals surface area (Å²) < 4.78 is 0. The Morgan fingerprint density at radius 3 is 3.22 bits per heavy atom. The number of hydrogen-bond donors (Lipinski definition) is 2. The number of likely N-dealkylation sites (tertiary alicyclic amines) is 1. The summed E-state index contributed by atoms with van der Waals surface area (Å²) in [6, 6.07) is 3.60. The van der Waals surface area contributed by atoms with Gasteiger partial charge in [-0.05, 0) is 31.9 Å². The summed E-state index contributed by atoms with van der Waals surface area (Å²) in [6.45, 7) is 3.91. The van der Waals surface area contributed by atoms with Crippen molar-refractivity contribution in [2.45, 2.75) is 25.9 Å². The fraction of sp³-hybridized carbons (Fsp3) is 0.538. The maximum absolute atomic E-state index is 12.2. The Morgan fingerprint density at radius 2 is 2.50 bits per heavy atom. The highest BCUT2D eigenvalue weighted by Gasteiger charge is 2.23. The second kappa shape index (κ2) is 5.82. The van der Waals surface area contributed by atoms with Crippen LogP contribution >= 0.6 is 0 Å². The molecule has 0 aromatic carbocycles. The first-order valence-corrected chi connectivity index (χ1v) is 6.38. The maximum Gasteiger partial charge on any atom is 0.272 e. The van der Waals surface area contributed by atoms with Gasteiger partial charge in [-0.3, -0.25) is 9.78 Å². The lowest BCUT2D eigenvalue weighted by atomic mass is 10.1. The van der Waals surface area contributed by atoms with E-state index in [0.29, 0.717) is 18.8 Å². The van der Waals surface area contributed by atoms with Crippen LogP contribution in [0.3, 0.4) is 0 Å². The highest BCUT2D eigenvalue weighted by atomic mass is 16.3. The Labute approximate surface area is 107 Å². The number of β-amino-alcohol motifs (C(OH)–C–C–N with tert-alkyl or cyclic N) is 1. The van der Waals surface area contributed by atoms with E-state index in [1.807, 2.05) is 13.0 Å². The van der Waals surface area contributed by atoms with Crippen molar-refractivity contribution in [3.05, 3.63) is 24.0 Å². The molecule has 1 unspecified atom stereocenters. The van der Waals surface area contributed by atoms with E-state index < -0.39 is 6.10 Å². The highest BCUT2D eigenvalue weighted by Crippen LogP contribution is 2.14. The number of rotatable bonds is 3. The number of piperidine rings is 1. The lowest BCUT2D eigenvalue weighted by Crippen LogP contribution is -2.42. The van der Waals surface area contributed by atoms with Crippen LogP contribution in [-0.2, 0) is 0 Å². The topological polar surface area (TPSA) is 65.5 Å². The zero-order valence-corrected chi connectivity index (χ0v) is 10.6. The fourth-order valence-electron chi connectivity index (χ4n) is 2.16.